The van der Waals surface area contributed by atoms with E-state index in [1.807, 2.05) is 66.4 Å². The number of methoxy groups -OCH3 is 1. The van der Waals surface area contributed by atoms with Crippen LogP contribution in [0.15, 0.2) is 65.2 Å². The molecule has 4 rings (SSSR count). The second-order valence-electron chi connectivity index (χ2n) is 6.97. The van der Waals surface area contributed by atoms with Gasteiger partial charge in [-0.05, 0) is 67.7 Å². The van der Waals surface area contributed by atoms with Crippen molar-refractivity contribution in [3.8, 4) is 0 Å². The van der Waals surface area contributed by atoms with Crippen molar-refractivity contribution in [3.63, 3.8) is 0 Å². The molecule has 0 radical (unpaired) electrons. The van der Waals surface area contributed by atoms with E-state index in [4.69, 9.17) is 21.4 Å². The van der Waals surface area contributed by atoms with Gasteiger partial charge in [-0.15, -0.1) is 0 Å². The molecule has 30 heavy (non-hydrogen) atoms. The minimum absolute atomic E-state index is 0.00750. The summed E-state index contributed by atoms with van der Waals surface area (Å²) in [5.74, 6) is 1.43. The Morgan fingerprint density at radius 3 is 2.67 bits per heavy atom. The number of aryl methyl sites for hydroxylation is 1. The number of aromatic nitrogens is 1. The molecule has 3 heterocycles. The van der Waals surface area contributed by atoms with Gasteiger partial charge < -0.3 is 24.7 Å². The third kappa shape index (κ3) is 4.05. The van der Waals surface area contributed by atoms with E-state index in [-0.39, 0.29) is 24.6 Å². The van der Waals surface area contributed by atoms with E-state index in [0.29, 0.717) is 10.8 Å². The fourth-order valence-electron chi connectivity index (χ4n) is 3.57. The smallest absolute Gasteiger partial charge is 0.250 e. The number of benzene rings is 1. The van der Waals surface area contributed by atoms with Crippen LogP contribution in [-0.2, 0) is 9.53 Å². The number of hydrogen-bond acceptors (Lipinski definition) is 5. The Morgan fingerprint density at radius 1 is 1.23 bits per heavy atom. The minimum atomic E-state index is -0.206. The van der Waals surface area contributed by atoms with Gasteiger partial charge in [0.1, 0.15) is 24.2 Å². The number of nitrogens with zero attached hydrogens (tertiary/aromatic N) is 2. The topological polar surface area (TPSA) is 79.6 Å². The van der Waals surface area contributed by atoms with Crippen LogP contribution < -0.4 is 15.5 Å². The van der Waals surface area contributed by atoms with Gasteiger partial charge in [0.05, 0.1) is 11.7 Å². The summed E-state index contributed by atoms with van der Waals surface area (Å²) in [5, 5.41) is 6.77. The number of carbonyl (C=O) groups excluding carboxylic acids is 1. The lowest BCUT2D eigenvalue weighted by molar-refractivity contribution is -0.119. The van der Waals surface area contributed by atoms with Gasteiger partial charge in [-0.25, -0.2) is 0 Å². The van der Waals surface area contributed by atoms with Crippen molar-refractivity contribution < 1.29 is 13.9 Å². The zero-order chi connectivity index (χ0) is 21.1. The Morgan fingerprint density at radius 2 is 2.03 bits per heavy atom. The maximum Gasteiger partial charge on any atom is 0.250 e. The summed E-state index contributed by atoms with van der Waals surface area (Å²) in [6.07, 6.45) is 1.77. The summed E-state index contributed by atoms with van der Waals surface area (Å²) in [5.41, 5.74) is 2.45. The van der Waals surface area contributed by atoms with E-state index >= 15 is 0 Å². The van der Waals surface area contributed by atoms with Crippen molar-refractivity contribution in [3.05, 3.63) is 78.0 Å². The lowest BCUT2D eigenvalue weighted by Gasteiger charge is -2.26. The molecule has 1 aromatic carbocycles. The van der Waals surface area contributed by atoms with E-state index in [1.165, 1.54) is 7.11 Å². The third-order valence-electron chi connectivity index (χ3n) is 4.86. The van der Waals surface area contributed by atoms with Crippen LogP contribution >= 0.6 is 12.2 Å². The van der Waals surface area contributed by atoms with Crippen molar-refractivity contribution in [1.29, 1.82) is 0 Å². The summed E-state index contributed by atoms with van der Waals surface area (Å²) in [6.45, 7) is 1.93. The average molecular weight is 423 g/mol. The summed E-state index contributed by atoms with van der Waals surface area (Å²) < 4.78 is 10.8. The molecule has 0 saturated carbocycles. The molecule has 0 spiro atoms. The monoisotopic (exact) mass is 422 g/mol. The normalized spacial score (nSPS) is 18.3. The lowest BCUT2D eigenvalue weighted by atomic mass is 10.0. The molecule has 1 fully saturated rings. The average Bonchev–Trinajstić information content (AvgIpc) is 3.32. The van der Waals surface area contributed by atoms with Crippen molar-refractivity contribution in [2.45, 2.75) is 19.0 Å². The standard InChI is InChI=1S/C22H22N4O3S/c1-14-6-11-18(29-14)21-20(17-5-3-4-12-23-17)25-22(30)26(21)16-9-7-15(8-10-16)24-19(27)13-28-2/h3-12,20-21H,13H2,1-2H3,(H,24,27)(H,25,30)/t20-,21-/m1/s1. The van der Waals surface area contributed by atoms with Crippen molar-refractivity contribution in [2.24, 2.45) is 0 Å². The predicted octanol–water partition coefficient (Wildman–Crippen LogP) is 3.75. The van der Waals surface area contributed by atoms with Crippen molar-refractivity contribution >= 4 is 34.6 Å². The first kappa shape index (κ1) is 20.1. The molecule has 2 N–H and O–H groups in total. The van der Waals surface area contributed by atoms with E-state index in [0.717, 1.165) is 22.9 Å². The first-order valence-electron chi connectivity index (χ1n) is 9.52. The highest BCUT2D eigenvalue weighted by atomic mass is 32.1. The van der Waals surface area contributed by atoms with Crippen LogP contribution in [0.3, 0.4) is 0 Å². The number of thiocarbonyl (C=S) groups is 1. The zero-order valence-electron chi connectivity index (χ0n) is 16.7. The van der Waals surface area contributed by atoms with Gasteiger partial charge in [-0.2, -0.15) is 0 Å². The van der Waals surface area contributed by atoms with E-state index in [9.17, 15) is 4.79 Å². The van der Waals surface area contributed by atoms with Gasteiger partial charge in [0.2, 0.25) is 5.91 Å². The van der Waals surface area contributed by atoms with Crippen LogP contribution in [0.4, 0.5) is 11.4 Å². The van der Waals surface area contributed by atoms with Crippen molar-refractivity contribution in [2.75, 3.05) is 23.9 Å². The van der Waals surface area contributed by atoms with Crippen LogP contribution in [0.5, 0.6) is 0 Å². The van der Waals surface area contributed by atoms with E-state index in [1.54, 1.807) is 6.20 Å². The van der Waals surface area contributed by atoms with Crippen molar-refractivity contribution in [1.82, 2.24) is 10.3 Å². The Kier molecular flexibility index (Phi) is 5.78. The summed E-state index contributed by atoms with van der Waals surface area (Å²) in [7, 11) is 1.48. The van der Waals surface area contributed by atoms with Gasteiger partial charge >= 0.3 is 0 Å². The molecule has 1 amide bonds. The molecular formula is C22H22N4O3S. The Hall–Kier alpha value is -3.23. The molecule has 7 nitrogen and oxygen atoms in total. The molecule has 3 aromatic rings. The molecule has 0 aliphatic carbocycles. The van der Waals surface area contributed by atoms with E-state index < -0.39 is 0 Å². The Bertz CT molecular complexity index is 1040. The first-order chi connectivity index (χ1) is 14.6. The number of furan rings is 1. The third-order valence-corrected chi connectivity index (χ3v) is 5.17. The number of anilines is 2. The molecular weight excluding hydrogens is 400 g/mol. The predicted molar refractivity (Wildman–Crippen MR) is 118 cm³/mol. The van der Waals surface area contributed by atoms with Gasteiger partial charge in [0.15, 0.2) is 5.11 Å². The SMILES string of the molecule is COCC(=O)Nc1ccc(N2C(=S)N[C@H](c3ccccn3)[C@H]2c2ccc(C)o2)cc1. The molecule has 1 aliphatic rings. The minimum Gasteiger partial charge on any atom is -0.464 e. The van der Waals surface area contributed by atoms with Crippen LogP contribution in [0.1, 0.15) is 29.3 Å². The summed E-state index contributed by atoms with van der Waals surface area (Å²) >= 11 is 5.68. The van der Waals surface area contributed by atoms with Crippen LogP contribution in [-0.4, -0.2) is 29.7 Å². The molecule has 2 atom stereocenters. The zero-order valence-corrected chi connectivity index (χ0v) is 17.5. The number of nitrogens with one attached hydrogen (secondary N) is 2. The number of rotatable bonds is 6. The van der Waals surface area contributed by atoms with Gasteiger partial charge in [0, 0.05) is 24.7 Å². The van der Waals surface area contributed by atoms with Crippen LogP contribution in [0, 0.1) is 6.92 Å². The number of pyridine rings is 1. The molecule has 2 aromatic heterocycles. The largest absolute Gasteiger partial charge is 0.464 e. The van der Waals surface area contributed by atoms with Gasteiger partial charge in [-0.3, -0.25) is 9.78 Å². The van der Waals surface area contributed by atoms with Crippen LogP contribution in [0.2, 0.25) is 0 Å². The number of ether oxygens (including phenoxy) is 1. The van der Waals surface area contributed by atoms with Crippen LogP contribution in [0.25, 0.3) is 0 Å². The molecule has 0 unspecified atom stereocenters. The summed E-state index contributed by atoms with van der Waals surface area (Å²) in [6, 6.07) is 16.9. The second-order valence-corrected chi connectivity index (χ2v) is 7.36. The van der Waals surface area contributed by atoms with Gasteiger partial charge in [0.25, 0.3) is 0 Å². The fourth-order valence-corrected chi connectivity index (χ4v) is 3.91. The number of carbonyl (C=O) groups is 1. The molecule has 1 saturated heterocycles. The first-order valence-corrected chi connectivity index (χ1v) is 9.93. The molecule has 154 valence electrons. The lowest BCUT2D eigenvalue weighted by Crippen LogP contribution is -2.29. The number of hydrogen-bond donors (Lipinski definition) is 2. The molecule has 1 aliphatic heterocycles. The molecule has 8 heteroatoms. The highest BCUT2D eigenvalue weighted by molar-refractivity contribution is 7.80. The van der Waals surface area contributed by atoms with Gasteiger partial charge in [-0.1, -0.05) is 6.07 Å². The fraction of sp³-hybridized carbons (Fsp3) is 0.227. The highest BCUT2D eigenvalue weighted by Crippen LogP contribution is 2.42. The second kappa shape index (κ2) is 8.64. The van der Waals surface area contributed by atoms with E-state index in [2.05, 4.69) is 15.6 Å². The summed E-state index contributed by atoms with van der Waals surface area (Å²) in [4.78, 5) is 18.3. The number of amides is 1. The maximum absolute atomic E-state index is 11.7. The quantitative estimate of drug-likeness (QED) is 0.586. The maximum atomic E-state index is 11.7. The Labute approximate surface area is 180 Å². The molecule has 0 bridgehead atoms. The Balaban J connectivity index is 1.67. The highest BCUT2D eigenvalue weighted by Gasteiger charge is 2.42.